The number of anilines is 9. The molecule has 0 atom stereocenters. The predicted octanol–water partition coefficient (Wildman–Crippen LogP) is 21.0. The number of hydrogen-bond acceptors (Lipinski definition) is 5. The Hall–Kier alpha value is -8.74. The van der Waals surface area contributed by atoms with Crippen molar-refractivity contribution in [3.63, 3.8) is 0 Å². The molecule has 5 nitrogen and oxygen atoms in total. The van der Waals surface area contributed by atoms with Gasteiger partial charge in [-0.2, -0.15) is 0 Å². The summed E-state index contributed by atoms with van der Waals surface area (Å²) in [5.41, 5.74) is 25.2. The molecular weight excluding hydrogens is 1030 g/mol. The van der Waals surface area contributed by atoms with Gasteiger partial charge < -0.3 is 23.5 Å². The Bertz CT molecular complexity index is 4630. The molecule has 10 aromatic carbocycles. The lowest BCUT2D eigenvalue weighted by atomic mass is 9.33. The number of nitrogens with zero attached hydrogens (tertiary/aromatic N) is 3. The molecule has 12 aromatic rings. The van der Waals surface area contributed by atoms with Crippen LogP contribution in [-0.2, 0) is 21.7 Å². The van der Waals surface area contributed by atoms with E-state index >= 15 is 0 Å². The third-order valence-electron chi connectivity index (χ3n) is 18.2. The summed E-state index contributed by atoms with van der Waals surface area (Å²) in [7, 11) is 0. The van der Waals surface area contributed by atoms with E-state index < -0.39 is 0 Å². The van der Waals surface area contributed by atoms with Crippen LogP contribution in [0.1, 0.15) is 131 Å². The molecule has 422 valence electrons. The van der Waals surface area contributed by atoms with Crippen molar-refractivity contribution in [2.45, 2.75) is 125 Å². The molecule has 0 amide bonds. The van der Waals surface area contributed by atoms with E-state index in [1.165, 1.54) is 49.9 Å². The third kappa shape index (κ3) is 8.80. The molecule has 2 aliphatic rings. The van der Waals surface area contributed by atoms with Crippen molar-refractivity contribution in [3.05, 3.63) is 228 Å². The summed E-state index contributed by atoms with van der Waals surface area (Å²) in [6, 6.07) is 75.4. The maximum Gasteiger partial charge on any atom is 0.252 e. The lowest BCUT2D eigenvalue weighted by molar-refractivity contribution is 0.573. The molecule has 0 unspecified atom stereocenters. The van der Waals surface area contributed by atoms with Crippen LogP contribution in [0, 0.1) is 0 Å². The lowest BCUT2D eigenvalue weighted by Gasteiger charge is -2.46. The highest BCUT2D eigenvalue weighted by Crippen LogP contribution is 2.53. The smallest absolute Gasteiger partial charge is 0.252 e. The molecule has 6 heteroatoms. The minimum Gasteiger partial charge on any atom is -0.455 e. The van der Waals surface area contributed by atoms with Gasteiger partial charge in [0.05, 0.1) is 17.1 Å². The molecule has 0 saturated carbocycles. The number of hydrogen-bond donors (Lipinski definition) is 0. The molecule has 2 aromatic heterocycles. The van der Waals surface area contributed by atoms with Gasteiger partial charge in [-0.3, -0.25) is 0 Å². The number of rotatable bonds is 7. The molecule has 4 heterocycles. The van der Waals surface area contributed by atoms with E-state index in [0.717, 1.165) is 101 Å². The number of furan rings is 2. The molecule has 0 bridgehead atoms. The van der Waals surface area contributed by atoms with Crippen LogP contribution in [0.25, 0.3) is 55.0 Å². The van der Waals surface area contributed by atoms with Crippen molar-refractivity contribution < 1.29 is 8.83 Å². The second-order valence-corrected chi connectivity index (χ2v) is 28.4. The van der Waals surface area contributed by atoms with Crippen LogP contribution in [0.15, 0.2) is 209 Å². The van der Waals surface area contributed by atoms with Crippen molar-refractivity contribution in [2.24, 2.45) is 0 Å². The topological polar surface area (TPSA) is 36.0 Å². The SMILES string of the molecule is CC(C)c1cccc2c1oc1c(N(c3ccccc3)c3cc4c5c(c3)N(c3ccccc3-c3cccc6c3oc3c(C(C)(C)C)cccc36)c3ccc(C(C)(C)C)cc3B5c3cc(C(C)(C)C)ccc3N4c3ccc(C(C)(C)C)cc3)cccc12. The van der Waals surface area contributed by atoms with Crippen molar-refractivity contribution in [2.75, 3.05) is 14.7 Å². The average molecular weight is 1110 g/mol. The van der Waals surface area contributed by atoms with Crippen LogP contribution in [0.4, 0.5) is 51.2 Å². The van der Waals surface area contributed by atoms with E-state index in [0.29, 0.717) is 0 Å². The van der Waals surface area contributed by atoms with E-state index in [9.17, 15) is 0 Å². The molecule has 0 saturated heterocycles. The van der Waals surface area contributed by atoms with Crippen molar-refractivity contribution in [3.8, 4) is 11.1 Å². The Balaban J connectivity index is 1.13. The summed E-state index contributed by atoms with van der Waals surface area (Å²) < 4.78 is 14.5. The zero-order valence-corrected chi connectivity index (χ0v) is 51.9. The van der Waals surface area contributed by atoms with E-state index in [4.69, 9.17) is 8.83 Å². The molecule has 0 aliphatic carbocycles. The second-order valence-electron chi connectivity index (χ2n) is 28.4. The zero-order chi connectivity index (χ0) is 59.2. The average Bonchev–Trinajstić information content (AvgIpc) is 2.51. The first-order valence-corrected chi connectivity index (χ1v) is 30.6. The fourth-order valence-electron chi connectivity index (χ4n) is 13.7. The maximum atomic E-state index is 7.26. The number of benzene rings is 10. The molecule has 85 heavy (non-hydrogen) atoms. The van der Waals surface area contributed by atoms with E-state index in [2.05, 4.69) is 312 Å². The molecule has 0 radical (unpaired) electrons. The molecule has 0 spiro atoms. The highest BCUT2D eigenvalue weighted by molar-refractivity contribution is 7.00. The predicted molar refractivity (Wildman–Crippen MR) is 364 cm³/mol. The minimum atomic E-state index is -0.129. The van der Waals surface area contributed by atoms with Crippen molar-refractivity contribution >= 4 is 118 Å². The summed E-state index contributed by atoms with van der Waals surface area (Å²) in [6.45, 7) is 32.1. The van der Waals surface area contributed by atoms with E-state index in [-0.39, 0.29) is 34.3 Å². The quantitative estimate of drug-likeness (QED) is 0.149. The summed E-state index contributed by atoms with van der Waals surface area (Å²) in [5, 5.41) is 4.46. The van der Waals surface area contributed by atoms with Crippen LogP contribution < -0.4 is 31.1 Å². The van der Waals surface area contributed by atoms with E-state index in [1.54, 1.807) is 0 Å². The van der Waals surface area contributed by atoms with Crippen LogP contribution in [0.2, 0.25) is 0 Å². The third-order valence-corrected chi connectivity index (χ3v) is 18.2. The van der Waals surface area contributed by atoms with Gasteiger partial charge in [-0.25, -0.2) is 0 Å². The summed E-state index contributed by atoms with van der Waals surface area (Å²) in [5.74, 6) is 0.279. The van der Waals surface area contributed by atoms with Crippen molar-refractivity contribution in [1.82, 2.24) is 0 Å². The maximum absolute atomic E-state index is 7.26. The van der Waals surface area contributed by atoms with Gasteiger partial charge in [0.2, 0.25) is 0 Å². The van der Waals surface area contributed by atoms with Crippen LogP contribution in [0.3, 0.4) is 0 Å². The monoisotopic (exact) mass is 1110 g/mol. The Morgan fingerprint density at radius 1 is 0.376 bits per heavy atom. The fourth-order valence-corrected chi connectivity index (χ4v) is 13.7. The minimum absolute atomic E-state index is 0.0299. The summed E-state index contributed by atoms with van der Waals surface area (Å²) in [4.78, 5) is 7.60. The van der Waals surface area contributed by atoms with Crippen LogP contribution >= 0.6 is 0 Å². The normalized spacial score (nSPS) is 13.6. The molecule has 14 rings (SSSR count). The van der Waals surface area contributed by atoms with Gasteiger partial charge in [-0.1, -0.05) is 236 Å². The van der Waals surface area contributed by atoms with Gasteiger partial charge >= 0.3 is 0 Å². The van der Waals surface area contributed by atoms with Crippen molar-refractivity contribution in [1.29, 1.82) is 0 Å². The number of fused-ring (bicyclic) bond motifs is 10. The van der Waals surface area contributed by atoms with E-state index in [1.807, 2.05) is 0 Å². The van der Waals surface area contributed by atoms with Crippen LogP contribution in [0.5, 0.6) is 0 Å². The molecular formula is C79H76BN3O2. The van der Waals surface area contributed by atoms with Gasteiger partial charge in [0.15, 0.2) is 5.58 Å². The molecule has 0 N–H and O–H groups in total. The Morgan fingerprint density at radius 2 is 0.882 bits per heavy atom. The highest BCUT2D eigenvalue weighted by Gasteiger charge is 2.46. The zero-order valence-electron chi connectivity index (χ0n) is 51.9. The molecule has 0 fully saturated rings. The van der Waals surface area contributed by atoms with Gasteiger partial charge in [-0.05, 0) is 127 Å². The molecule has 2 aliphatic heterocycles. The summed E-state index contributed by atoms with van der Waals surface area (Å²) >= 11 is 0. The first-order chi connectivity index (χ1) is 40.5. The number of para-hydroxylation sites is 6. The second kappa shape index (κ2) is 19.4. The highest BCUT2D eigenvalue weighted by atomic mass is 16.3. The standard InChI is InChI=1S/C79H76BN3O2/c1-48(2)55-27-20-29-59-61-32-23-35-68(75(61)85-72(55)59)81(52-24-16-15-17-25-52)54-46-69-71-70(47-54)83(65-34-19-18-26-56(65)57-28-21-30-58-60-31-22-33-62(79(12,13)14)74(60)84-73(57)58)67-43-39-51(78(9,10)11)45-64(67)80(71)63-44-50(77(6,7)8)38-42-66(63)82(69)53-40-36-49(37-41-53)76(3,4)5/h15-48H,1-14H3. The largest absolute Gasteiger partial charge is 0.455 e. The van der Waals surface area contributed by atoms with Gasteiger partial charge in [0, 0.05) is 72.4 Å². The van der Waals surface area contributed by atoms with Gasteiger partial charge in [0.25, 0.3) is 6.71 Å². The Morgan fingerprint density at radius 3 is 1.51 bits per heavy atom. The fraction of sp³-hybridized carbons (Fsp3) is 0.241. The first kappa shape index (κ1) is 54.2. The first-order valence-electron chi connectivity index (χ1n) is 30.6. The Kier molecular flexibility index (Phi) is 12.4. The lowest BCUT2D eigenvalue weighted by Crippen LogP contribution is -2.61. The van der Waals surface area contributed by atoms with Gasteiger partial charge in [0.1, 0.15) is 16.7 Å². The van der Waals surface area contributed by atoms with Gasteiger partial charge in [-0.15, -0.1) is 0 Å². The summed E-state index contributed by atoms with van der Waals surface area (Å²) in [6.07, 6.45) is 0. The van der Waals surface area contributed by atoms with Crippen LogP contribution in [-0.4, -0.2) is 6.71 Å². The Labute approximate surface area is 502 Å².